The van der Waals surface area contributed by atoms with Crippen LogP contribution in [-0.2, 0) is 22.4 Å². The minimum absolute atomic E-state index is 0.0195. The molecule has 1 atom stereocenters. The number of hydrogen-bond donors (Lipinski definition) is 2. The van der Waals surface area contributed by atoms with Crippen molar-refractivity contribution in [1.29, 1.82) is 0 Å². The summed E-state index contributed by atoms with van der Waals surface area (Å²) in [5, 5.41) is 6.19. The van der Waals surface area contributed by atoms with Crippen LogP contribution < -0.4 is 10.6 Å². The molecule has 0 saturated carbocycles. The van der Waals surface area contributed by atoms with Gasteiger partial charge in [-0.2, -0.15) is 0 Å². The molecule has 5 nitrogen and oxygen atoms in total. The Morgan fingerprint density at radius 2 is 1.79 bits per heavy atom. The normalized spacial score (nSPS) is 14.0. The van der Waals surface area contributed by atoms with Crippen molar-refractivity contribution in [3.05, 3.63) is 59.2 Å². The lowest BCUT2D eigenvalue weighted by Gasteiger charge is -2.25. The van der Waals surface area contributed by atoms with E-state index in [4.69, 9.17) is 0 Å². The van der Waals surface area contributed by atoms with Crippen LogP contribution in [0.25, 0.3) is 0 Å². The molecule has 28 heavy (non-hydrogen) atoms. The lowest BCUT2D eigenvalue weighted by molar-refractivity contribution is -0.133. The second kappa shape index (κ2) is 8.91. The molecule has 3 rings (SSSR count). The minimum Gasteiger partial charge on any atom is -0.374 e. The van der Waals surface area contributed by atoms with Gasteiger partial charge in [0.1, 0.15) is 6.04 Å². The van der Waals surface area contributed by atoms with Crippen LogP contribution in [0.5, 0.6) is 0 Å². The van der Waals surface area contributed by atoms with Crippen LogP contribution in [-0.4, -0.2) is 36.3 Å². The number of anilines is 2. The summed E-state index contributed by atoms with van der Waals surface area (Å²) < 4.78 is 0. The van der Waals surface area contributed by atoms with Gasteiger partial charge >= 0.3 is 0 Å². The average molecular weight is 380 g/mol. The Labute approximate surface area is 167 Å². The number of hydrogen-bond acceptors (Lipinski definition) is 3. The number of likely N-dealkylation sites (N-methyl/N-ethyl adjacent to an activating group) is 1. The number of benzene rings is 2. The fourth-order valence-corrected chi connectivity index (χ4v) is 3.67. The van der Waals surface area contributed by atoms with Crippen LogP contribution in [0, 0.1) is 6.92 Å². The van der Waals surface area contributed by atoms with Crippen LogP contribution in [0.15, 0.2) is 42.5 Å². The second-order valence-electron chi connectivity index (χ2n) is 7.62. The predicted molar refractivity (Wildman–Crippen MR) is 114 cm³/mol. The van der Waals surface area contributed by atoms with Gasteiger partial charge in [0.05, 0.1) is 6.54 Å². The zero-order chi connectivity index (χ0) is 20.1. The van der Waals surface area contributed by atoms with E-state index in [1.165, 1.54) is 28.9 Å². The van der Waals surface area contributed by atoms with E-state index in [1.54, 1.807) is 7.05 Å². The van der Waals surface area contributed by atoms with Crippen molar-refractivity contribution in [3.63, 3.8) is 0 Å². The van der Waals surface area contributed by atoms with Crippen molar-refractivity contribution in [1.82, 2.24) is 4.90 Å². The molecule has 0 radical (unpaired) electrons. The first-order valence-electron chi connectivity index (χ1n) is 9.93. The molecule has 1 aliphatic rings. The highest BCUT2D eigenvalue weighted by Crippen LogP contribution is 2.28. The van der Waals surface area contributed by atoms with Crippen LogP contribution in [0.4, 0.5) is 11.4 Å². The van der Waals surface area contributed by atoms with E-state index in [0.29, 0.717) is 0 Å². The molecule has 2 aromatic carbocycles. The molecule has 0 aromatic heterocycles. The molecular weight excluding hydrogens is 350 g/mol. The summed E-state index contributed by atoms with van der Waals surface area (Å²) in [5.41, 5.74) is 5.61. The predicted octanol–water partition coefficient (Wildman–Crippen LogP) is 3.77. The van der Waals surface area contributed by atoms with Gasteiger partial charge < -0.3 is 15.5 Å². The van der Waals surface area contributed by atoms with Gasteiger partial charge in [0.25, 0.3) is 0 Å². The monoisotopic (exact) mass is 379 g/mol. The van der Waals surface area contributed by atoms with Crippen LogP contribution >= 0.6 is 0 Å². The minimum atomic E-state index is -0.398. The lowest BCUT2D eigenvalue weighted by atomic mass is 9.90. The number of rotatable bonds is 6. The first-order valence-corrected chi connectivity index (χ1v) is 9.93. The smallest absolute Gasteiger partial charge is 0.244 e. The Hall–Kier alpha value is -2.82. The Bertz CT molecular complexity index is 845. The van der Waals surface area contributed by atoms with Gasteiger partial charge in [0.15, 0.2) is 0 Å². The SMILES string of the molecule is Cc1ccc(NC(=O)CN(C)C(=O)[C@@H](C)Nc2cccc3c2CCCC3)cc1. The second-order valence-corrected chi connectivity index (χ2v) is 7.62. The molecule has 148 valence electrons. The molecule has 0 bridgehead atoms. The van der Waals surface area contributed by atoms with E-state index in [-0.39, 0.29) is 18.4 Å². The van der Waals surface area contributed by atoms with Crippen molar-refractivity contribution < 1.29 is 9.59 Å². The maximum atomic E-state index is 12.7. The maximum absolute atomic E-state index is 12.7. The summed E-state index contributed by atoms with van der Waals surface area (Å²) in [5.74, 6) is -0.309. The fourth-order valence-electron chi connectivity index (χ4n) is 3.67. The van der Waals surface area contributed by atoms with Gasteiger partial charge in [-0.15, -0.1) is 0 Å². The third-order valence-corrected chi connectivity index (χ3v) is 5.23. The van der Waals surface area contributed by atoms with Gasteiger partial charge in [0.2, 0.25) is 11.8 Å². The Morgan fingerprint density at radius 1 is 1.07 bits per heavy atom. The highest BCUT2D eigenvalue weighted by molar-refractivity contribution is 5.95. The molecule has 2 amide bonds. The van der Waals surface area contributed by atoms with Crippen molar-refractivity contribution in [2.75, 3.05) is 24.2 Å². The zero-order valence-corrected chi connectivity index (χ0v) is 16.9. The first kappa shape index (κ1) is 19.9. The third kappa shape index (κ3) is 4.91. The maximum Gasteiger partial charge on any atom is 0.244 e. The summed E-state index contributed by atoms with van der Waals surface area (Å²) in [6.07, 6.45) is 4.57. The van der Waals surface area contributed by atoms with Crippen LogP contribution in [0.2, 0.25) is 0 Å². The van der Waals surface area contributed by atoms with Crippen LogP contribution in [0.3, 0.4) is 0 Å². The van der Waals surface area contributed by atoms with E-state index in [2.05, 4.69) is 16.7 Å². The Balaban J connectivity index is 1.57. The van der Waals surface area contributed by atoms with Gasteiger partial charge in [-0.05, 0) is 68.9 Å². The van der Waals surface area contributed by atoms with Crippen molar-refractivity contribution in [2.24, 2.45) is 0 Å². The third-order valence-electron chi connectivity index (χ3n) is 5.23. The van der Waals surface area contributed by atoms with E-state index in [1.807, 2.05) is 50.2 Å². The highest BCUT2D eigenvalue weighted by Gasteiger charge is 2.21. The molecule has 5 heteroatoms. The van der Waals surface area contributed by atoms with Gasteiger partial charge in [-0.1, -0.05) is 29.8 Å². The molecule has 1 aliphatic carbocycles. The zero-order valence-electron chi connectivity index (χ0n) is 16.9. The molecule has 0 heterocycles. The van der Waals surface area contributed by atoms with Crippen molar-refractivity contribution >= 4 is 23.2 Å². The quantitative estimate of drug-likeness (QED) is 0.803. The van der Waals surface area contributed by atoms with E-state index in [0.717, 1.165) is 29.8 Å². The average Bonchev–Trinajstić information content (AvgIpc) is 2.69. The van der Waals surface area contributed by atoms with Gasteiger partial charge in [-0.3, -0.25) is 9.59 Å². The lowest BCUT2D eigenvalue weighted by Crippen LogP contribution is -2.42. The number of fused-ring (bicyclic) bond motifs is 1. The number of carbonyl (C=O) groups excluding carboxylic acids is 2. The summed E-state index contributed by atoms with van der Waals surface area (Å²) in [6.45, 7) is 3.86. The highest BCUT2D eigenvalue weighted by atomic mass is 16.2. The van der Waals surface area contributed by atoms with E-state index < -0.39 is 6.04 Å². The molecule has 0 saturated heterocycles. The summed E-state index contributed by atoms with van der Waals surface area (Å²) >= 11 is 0. The van der Waals surface area contributed by atoms with Crippen molar-refractivity contribution in [2.45, 2.75) is 45.6 Å². The summed E-state index contributed by atoms with van der Waals surface area (Å²) in [4.78, 5) is 26.5. The number of carbonyl (C=O) groups is 2. The van der Waals surface area contributed by atoms with Crippen molar-refractivity contribution in [3.8, 4) is 0 Å². The standard InChI is InChI=1S/C23H29N3O2/c1-16-11-13-19(14-12-16)25-22(27)15-26(3)23(28)17(2)24-21-10-6-8-18-7-4-5-9-20(18)21/h6,8,10-14,17,24H,4-5,7,9,15H2,1-3H3,(H,25,27)/t17-/m1/s1. The molecule has 0 spiro atoms. The molecule has 2 N–H and O–H groups in total. The first-order chi connectivity index (χ1) is 13.4. The number of nitrogens with zero attached hydrogens (tertiary/aromatic N) is 1. The summed E-state index contributed by atoms with van der Waals surface area (Å²) in [6, 6.07) is 13.5. The number of nitrogens with one attached hydrogen (secondary N) is 2. The Kier molecular flexibility index (Phi) is 6.34. The molecular formula is C23H29N3O2. The number of amides is 2. The van der Waals surface area contributed by atoms with Gasteiger partial charge in [-0.25, -0.2) is 0 Å². The summed E-state index contributed by atoms with van der Waals surface area (Å²) in [7, 11) is 1.66. The van der Waals surface area contributed by atoms with Crippen LogP contribution in [0.1, 0.15) is 36.5 Å². The fraction of sp³-hybridized carbons (Fsp3) is 0.391. The number of aryl methyl sites for hydroxylation is 2. The van der Waals surface area contributed by atoms with E-state index in [9.17, 15) is 9.59 Å². The molecule has 0 aliphatic heterocycles. The molecule has 0 unspecified atom stereocenters. The van der Waals surface area contributed by atoms with E-state index >= 15 is 0 Å². The topological polar surface area (TPSA) is 61.4 Å². The molecule has 2 aromatic rings. The largest absolute Gasteiger partial charge is 0.374 e. The molecule has 0 fully saturated rings. The van der Waals surface area contributed by atoms with Gasteiger partial charge in [0, 0.05) is 18.4 Å². The Morgan fingerprint density at radius 3 is 2.54 bits per heavy atom.